The van der Waals surface area contributed by atoms with Gasteiger partial charge in [0.25, 0.3) is 5.56 Å². The highest BCUT2D eigenvalue weighted by Crippen LogP contribution is 2.04. The van der Waals surface area contributed by atoms with E-state index in [1.54, 1.807) is 11.7 Å². The number of methoxy groups -OCH3 is 2. The van der Waals surface area contributed by atoms with Gasteiger partial charge in [0.2, 0.25) is 0 Å². The molecule has 2 aromatic heterocycles. The van der Waals surface area contributed by atoms with Crippen molar-refractivity contribution in [1.82, 2.24) is 19.1 Å². The lowest BCUT2D eigenvalue weighted by molar-refractivity contribution is 0.126. The number of aromatic nitrogens is 4. The summed E-state index contributed by atoms with van der Waals surface area (Å²) in [5.41, 5.74) is 0.636. The highest BCUT2D eigenvalue weighted by Gasteiger charge is 2.10. The largest absolute Gasteiger partial charge is 0.364 e. The lowest BCUT2D eigenvalue weighted by atomic mass is 10.5. The second-order valence-electron chi connectivity index (χ2n) is 3.24. The van der Waals surface area contributed by atoms with Gasteiger partial charge >= 0.3 is 0 Å². The Balaban J connectivity index is 2.60. The second kappa shape index (κ2) is 4.42. The molecule has 0 unspecified atom stereocenters. The zero-order valence-corrected chi connectivity index (χ0v) is 9.08. The van der Waals surface area contributed by atoms with Crippen molar-refractivity contribution >= 4 is 11.2 Å². The van der Waals surface area contributed by atoms with Crippen LogP contribution in [0.1, 0.15) is 0 Å². The summed E-state index contributed by atoms with van der Waals surface area (Å²) in [4.78, 5) is 20.1. The number of hydrogen-bond acceptors (Lipinski definition) is 5. The van der Waals surface area contributed by atoms with E-state index in [-0.39, 0.29) is 19.0 Å². The molecule has 16 heavy (non-hydrogen) atoms. The molecule has 7 nitrogen and oxygen atoms in total. The van der Waals surface area contributed by atoms with E-state index >= 15 is 0 Å². The third-order valence-electron chi connectivity index (χ3n) is 2.14. The van der Waals surface area contributed by atoms with Gasteiger partial charge in [0, 0.05) is 14.2 Å². The van der Waals surface area contributed by atoms with E-state index in [2.05, 4.69) is 9.97 Å². The fraction of sp³-hybridized carbons (Fsp3) is 0.444. The summed E-state index contributed by atoms with van der Waals surface area (Å²) in [6, 6.07) is 0. The SMILES string of the molecule is COCn1cnc2ncn(COC)c2c1=O. The Morgan fingerprint density at radius 3 is 2.31 bits per heavy atom. The molecule has 86 valence electrons. The monoisotopic (exact) mass is 224 g/mol. The van der Waals surface area contributed by atoms with Crippen LogP contribution in [0.15, 0.2) is 17.4 Å². The molecule has 0 radical (unpaired) electrons. The maximum absolute atomic E-state index is 12.0. The zero-order valence-electron chi connectivity index (χ0n) is 9.08. The minimum Gasteiger partial charge on any atom is -0.364 e. The van der Waals surface area contributed by atoms with E-state index in [0.717, 1.165) is 0 Å². The van der Waals surface area contributed by atoms with Gasteiger partial charge in [-0.2, -0.15) is 0 Å². The number of rotatable bonds is 4. The van der Waals surface area contributed by atoms with Crippen LogP contribution in [0.2, 0.25) is 0 Å². The smallest absolute Gasteiger partial charge is 0.281 e. The van der Waals surface area contributed by atoms with Gasteiger partial charge in [-0.25, -0.2) is 9.97 Å². The normalized spacial score (nSPS) is 11.1. The standard InChI is InChI=1S/C9H12N4O3/c1-15-5-12-3-10-8-7(12)9(14)13(4-11-8)6-16-2/h3-4H,5-6H2,1-2H3. The Hall–Kier alpha value is -1.73. The van der Waals surface area contributed by atoms with E-state index in [4.69, 9.17) is 9.47 Å². The quantitative estimate of drug-likeness (QED) is 0.719. The predicted molar refractivity (Wildman–Crippen MR) is 55.8 cm³/mol. The first-order valence-corrected chi connectivity index (χ1v) is 4.66. The van der Waals surface area contributed by atoms with Crippen molar-refractivity contribution < 1.29 is 9.47 Å². The van der Waals surface area contributed by atoms with E-state index in [9.17, 15) is 4.79 Å². The molecule has 0 aromatic carbocycles. The summed E-state index contributed by atoms with van der Waals surface area (Å²) in [6.07, 6.45) is 2.94. The average Bonchev–Trinajstić information content (AvgIpc) is 2.67. The lowest BCUT2D eigenvalue weighted by Crippen LogP contribution is -2.23. The van der Waals surface area contributed by atoms with E-state index in [1.807, 2.05) is 0 Å². The molecule has 0 saturated carbocycles. The van der Waals surface area contributed by atoms with E-state index < -0.39 is 0 Å². The Morgan fingerprint density at radius 2 is 1.69 bits per heavy atom. The van der Waals surface area contributed by atoms with E-state index in [1.165, 1.54) is 24.3 Å². The van der Waals surface area contributed by atoms with Crippen molar-refractivity contribution in [2.75, 3.05) is 14.2 Å². The Kier molecular flexibility index (Phi) is 2.97. The molecular formula is C9H12N4O3. The van der Waals surface area contributed by atoms with Crippen LogP contribution in [0.5, 0.6) is 0 Å². The van der Waals surface area contributed by atoms with Gasteiger partial charge < -0.3 is 14.0 Å². The Morgan fingerprint density at radius 1 is 1.12 bits per heavy atom. The van der Waals surface area contributed by atoms with Gasteiger partial charge in [-0.3, -0.25) is 9.36 Å². The second-order valence-corrected chi connectivity index (χ2v) is 3.24. The topological polar surface area (TPSA) is 71.2 Å². The maximum atomic E-state index is 12.0. The molecule has 2 rings (SSSR count). The summed E-state index contributed by atoms with van der Waals surface area (Å²) in [5.74, 6) is 0. The summed E-state index contributed by atoms with van der Waals surface area (Å²) >= 11 is 0. The van der Waals surface area contributed by atoms with Crippen LogP contribution < -0.4 is 5.56 Å². The van der Waals surface area contributed by atoms with Gasteiger partial charge in [0.1, 0.15) is 19.8 Å². The third kappa shape index (κ3) is 1.70. The minimum atomic E-state index is -0.193. The van der Waals surface area contributed by atoms with Crippen molar-refractivity contribution in [3.05, 3.63) is 23.0 Å². The minimum absolute atomic E-state index is 0.167. The Bertz CT molecular complexity index is 545. The van der Waals surface area contributed by atoms with Crippen molar-refractivity contribution in [2.24, 2.45) is 0 Å². The van der Waals surface area contributed by atoms with Crippen LogP contribution in [-0.4, -0.2) is 33.3 Å². The summed E-state index contributed by atoms with van der Waals surface area (Å²) < 4.78 is 12.8. The van der Waals surface area contributed by atoms with Gasteiger partial charge in [0.15, 0.2) is 11.2 Å². The molecule has 0 spiro atoms. The molecule has 2 aromatic rings. The first kappa shape index (κ1) is 10.8. The highest BCUT2D eigenvalue weighted by atomic mass is 16.5. The van der Waals surface area contributed by atoms with Gasteiger partial charge in [-0.15, -0.1) is 0 Å². The van der Waals surface area contributed by atoms with Crippen molar-refractivity contribution in [1.29, 1.82) is 0 Å². The molecule has 0 atom stereocenters. The van der Waals surface area contributed by atoms with Crippen LogP contribution >= 0.6 is 0 Å². The van der Waals surface area contributed by atoms with Crippen LogP contribution in [-0.2, 0) is 22.9 Å². The van der Waals surface area contributed by atoms with Crippen LogP contribution in [0.25, 0.3) is 11.2 Å². The van der Waals surface area contributed by atoms with Gasteiger partial charge in [-0.1, -0.05) is 0 Å². The molecule has 0 N–H and O–H groups in total. The summed E-state index contributed by atoms with van der Waals surface area (Å²) in [7, 11) is 3.07. The molecule has 0 aliphatic rings. The number of nitrogens with zero attached hydrogens (tertiary/aromatic N) is 4. The average molecular weight is 224 g/mol. The maximum Gasteiger partial charge on any atom is 0.281 e. The van der Waals surface area contributed by atoms with Crippen LogP contribution in [0.3, 0.4) is 0 Å². The molecule has 0 aliphatic carbocycles. The first-order chi connectivity index (χ1) is 7.77. The highest BCUT2D eigenvalue weighted by molar-refractivity contribution is 5.68. The summed E-state index contributed by atoms with van der Waals surface area (Å²) in [6.45, 7) is 0.435. The number of imidazole rings is 1. The van der Waals surface area contributed by atoms with Gasteiger partial charge in [-0.05, 0) is 0 Å². The van der Waals surface area contributed by atoms with Gasteiger partial charge in [0.05, 0.1) is 6.33 Å². The molecule has 0 amide bonds. The first-order valence-electron chi connectivity index (χ1n) is 4.66. The van der Waals surface area contributed by atoms with Crippen molar-refractivity contribution in [2.45, 2.75) is 13.5 Å². The number of fused-ring (bicyclic) bond motifs is 1. The molecule has 0 fully saturated rings. The molecule has 2 heterocycles. The molecule has 0 aliphatic heterocycles. The number of ether oxygens (including phenoxy) is 2. The molecule has 0 saturated heterocycles. The van der Waals surface area contributed by atoms with E-state index in [0.29, 0.717) is 11.2 Å². The lowest BCUT2D eigenvalue weighted by Gasteiger charge is -2.04. The van der Waals surface area contributed by atoms with Crippen molar-refractivity contribution in [3.8, 4) is 0 Å². The molecule has 0 bridgehead atoms. The van der Waals surface area contributed by atoms with Crippen LogP contribution in [0, 0.1) is 0 Å². The molecular weight excluding hydrogens is 212 g/mol. The summed E-state index contributed by atoms with van der Waals surface area (Å²) in [5, 5.41) is 0. The Labute approximate surface area is 91.2 Å². The zero-order chi connectivity index (χ0) is 11.5. The van der Waals surface area contributed by atoms with Crippen LogP contribution in [0.4, 0.5) is 0 Å². The fourth-order valence-corrected chi connectivity index (χ4v) is 1.47. The fourth-order valence-electron chi connectivity index (χ4n) is 1.47. The van der Waals surface area contributed by atoms with Crippen molar-refractivity contribution in [3.63, 3.8) is 0 Å². The molecule has 7 heteroatoms. The third-order valence-corrected chi connectivity index (χ3v) is 2.14. The predicted octanol–water partition coefficient (Wildman–Crippen LogP) is -0.199. The number of hydrogen-bond donors (Lipinski definition) is 0.